The molecule has 0 radical (unpaired) electrons. The van der Waals surface area contributed by atoms with Gasteiger partial charge in [-0.25, -0.2) is 9.97 Å². The number of hydrogen-bond acceptors (Lipinski definition) is 8. The minimum Gasteiger partial charge on any atom is -0.507 e. The first-order valence-electron chi connectivity index (χ1n) is 27.7. The molecule has 12 aromatic rings. The highest BCUT2D eigenvalue weighted by Gasteiger charge is 2.21. The lowest BCUT2D eigenvalue weighted by Gasteiger charge is -2.20. The van der Waals surface area contributed by atoms with Gasteiger partial charge < -0.3 is 19.7 Å². The summed E-state index contributed by atoms with van der Waals surface area (Å²) >= 11 is 0. The second kappa shape index (κ2) is 23.1. The van der Waals surface area contributed by atoms with Gasteiger partial charge in [0.05, 0.1) is 34.2 Å². The van der Waals surface area contributed by atoms with Crippen LogP contribution in [0.1, 0.15) is 55.6 Å². The van der Waals surface area contributed by atoms with Gasteiger partial charge in [0.2, 0.25) is 0 Å². The highest BCUT2D eigenvalue weighted by molar-refractivity contribution is 5.77. The molecule has 0 spiro atoms. The lowest BCUT2D eigenvalue weighted by atomic mass is 9.91. The van der Waals surface area contributed by atoms with Crippen LogP contribution >= 0.6 is 0 Å². The summed E-state index contributed by atoms with van der Waals surface area (Å²) in [6.07, 6.45) is 5.29. The zero-order valence-corrected chi connectivity index (χ0v) is 45.0. The summed E-state index contributed by atoms with van der Waals surface area (Å²) in [5.74, 6) is 1.95. The van der Waals surface area contributed by atoms with E-state index in [1.165, 1.54) is 0 Å². The van der Waals surface area contributed by atoms with Crippen LogP contribution in [0.2, 0.25) is 0 Å². The van der Waals surface area contributed by atoms with Gasteiger partial charge in [0.1, 0.15) is 36.2 Å². The lowest BCUT2D eigenvalue weighted by Crippen LogP contribution is -2.06. The van der Waals surface area contributed by atoms with Crippen LogP contribution in [0.25, 0.3) is 67.5 Å². The van der Waals surface area contributed by atoms with E-state index in [0.29, 0.717) is 38.9 Å². The first kappa shape index (κ1) is 51.0. The quantitative estimate of drug-likeness (QED) is 0.124. The Morgan fingerprint density at radius 3 is 0.951 bits per heavy atom. The van der Waals surface area contributed by atoms with E-state index in [4.69, 9.17) is 19.4 Å². The van der Waals surface area contributed by atoms with Gasteiger partial charge in [0.25, 0.3) is 0 Å². The number of aromatic nitrogens is 4. The average Bonchev–Trinajstić information content (AvgIpc) is 3.62. The predicted molar refractivity (Wildman–Crippen MR) is 326 cm³/mol. The number of phenolic OH excluding ortho intramolecular Hbond substituents is 2. The molecule has 0 fully saturated rings. The molecule has 13 rings (SSSR count). The van der Waals surface area contributed by atoms with Crippen molar-refractivity contribution < 1.29 is 19.7 Å². The first-order chi connectivity index (χ1) is 40.4. The van der Waals surface area contributed by atoms with E-state index in [9.17, 15) is 10.2 Å². The van der Waals surface area contributed by atoms with Crippen molar-refractivity contribution in [3.8, 4) is 90.5 Å². The van der Waals surface area contributed by atoms with Crippen molar-refractivity contribution in [3.63, 3.8) is 0 Å². The third-order valence-corrected chi connectivity index (χ3v) is 15.3. The fraction of sp³-hybridized carbons (Fsp3) is 0.0811. The fourth-order valence-electron chi connectivity index (χ4n) is 11.0. The van der Waals surface area contributed by atoms with Gasteiger partial charge in [-0.15, -0.1) is 0 Å². The van der Waals surface area contributed by atoms with Crippen LogP contribution in [0.5, 0.6) is 23.0 Å². The molecule has 2 N–H and O–H groups in total. The summed E-state index contributed by atoms with van der Waals surface area (Å²) in [5, 5.41) is 24.4. The SMILES string of the molecule is Oc1c2cccc1Cc1cccc(c1OCc1ccc(-c3cc(-c4ccccc4)nc(-c4ccccn4)c3)cc1)Cc1cccc(c1O)Cc1cccc(c1OCc1ccc(-c3cc(-c4ccccc4)nc(-c4ccccn4)c3)cc1)C2. The number of benzene rings is 8. The zero-order valence-electron chi connectivity index (χ0n) is 45.0. The summed E-state index contributed by atoms with van der Waals surface area (Å²) < 4.78 is 13.8. The molecule has 82 heavy (non-hydrogen) atoms. The molecular formula is C74H56N4O4. The van der Waals surface area contributed by atoms with E-state index in [-0.39, 0.29) is 11.5 Å². The van der Waals surface area contributed by atoms with E-state index < -0.39 is 0 Å². The monoisotopic (exact) mass is 1060 g/mol. The number of hydrogen-bond donors (Lipinski definition) is 2. The molecule has 8 nitrogen and oxygen atoms in total. The van der Waals surface area contributed by atoms with Gasteiger partial charge in [-0.2, -0.15) is 0 Å². The maximum Gasteiger partial charge on any atom is 0.126 e. The molecule has 4 aromatic heterocycles. The Balaban J connectivity index is 0.781. The maximum atomic E-state index is 12.2. The molecule has 0 saturated heterocycles. The largest absolute Gasteiger partial charge is 0.507 e. The second-order valence-electron chi connectivity index (χ2n) is 20.8. The summed E-state index contributed by atoms with van der Waals surface area (Å²) in [5.41, 5.74) is 20.1. The summed E-state index contributed by atoms with van der Waals surface area (Å²) in [6, 6.07) is 81.9. The Labute approximate surface area is 477 Å². The highest BCUT2D eigenvalue weighted by Crippen LogP contribution is 2.40. The number of fused-ring (bicyclic) bond motifs is 8. The molecule has 0 unspecified atom stereocenters. The number of nitrogens with zero attached hydrogens (tertiary/aromatic N) is 4. The minimum atomic E-state index is 0.242. The van der Waals surface area contributed by atoms with Gasteiger partial charge in [-0.3, -0.25) is 9.97 Å². The summed E-state index contributed by atoms with van der Waals surface area (Å²) in [6.45, 7) is 0.616. The third kappa shape index (κ3) is 11.1. The van der Waals surface area contributed by atoms with Crippen LogP contribution in [0.15, 0.2) is 255 Å². The molecule has 4 heterocycles. The van der Waals surface area contributed by atoms with Crippen molar-refractivity contribution in [2.24, 2.45) is 0 Å². The smallest absolute Gasteiger partial charge is 0.126 e. The molecule has 0 atom stereocenters. The van der Waals surface area contributed by atoms with Gasteiger partial charge in [-0.05, 0) is 126 Å². The van der Waals surface area contributed by atoms with Crippen LogP contribution in [-0.4, -0.2) is 30.1 Å². The van der Waals surface area contributed by atoms with Gasteiger partial charge in [0.15, 0.2) is 0 Å². The normalized spacial score (nSPS) is 11.9. The van der Waals surface area contributed by atoms with E-state index in [2.05, 4.69) is 131 Å². The van der Waals surface area contributed by atoms with Crippen molar-refractivity contribution in [1.82, 2.24) is 19.9 Å². The van der Waals surface area contributed by atoms with E-state index in [0.717, 1.165) is 135 Å². The van der Waals surface area contributed by atoms with Crippen LogP contribution < -0.4 is 9.47 Å². The summed E-state index contributed by atoms with van der Waals surface area (Å²) in [7, 11) is 0. The molecule has 1 aliphatic carbocycles. The van der Waals surface area contributed by atoms with Crippen molar-refractivity contribution in [1.29, 1.82) is 0 Å². The number of phenols is 2. The zero-order chi connectivity index (χ0) is 55.2. The molecule has 0 amide bonds. The molecule has 8 heteroatoms. The van der Waals surface area contributed by atoms with Crippen molar-refractivity contribution in [3.05, 3.63) is 311 Å². The molecule has 8 aromatic carbocycles. The number of pyridine rings is 4. The Morgan fingerprint density at radius 1 is 0.280 bits per heavy atom. The number of para-hydroxylation sites is 4. The molecule has 0 aliphatic heterocycles. The maximum absolute atomic E-state index is 12.2. The number of aromatic hydroxyl groups is 2. The van der Waals surface area contributed by atoms with Crippen molar-refractivity contribution >= 4 is 0 Å². The van der Waals surface area contributed by atoms with Crippen LogP contribution in [0.3, 0.4) is 0 Å². The van der Waals surface area contributed by atoms with Crippen LogP contribution in [0.4, 0.5) is 0 Å². The molecule has 396 valence electrons. The van der Waals surface area contributed by atoms with Crippen LogP contribution in [-0.2, 0) is 38.9 Å². The fourth-order valence-corrected chi connectivity index (χ4v) is 11.0. The van der Waals surface area contributed by atoms with Gasteiger partial charge in [0, 0.05) is 49.2 Å². The van der Waals surface area contributed by atoms with Gasteiger partial charge in [-0.1, -0.05) is 194 Å². The Morgan fingerprint density at radius 2 is 0.610 bits per heavy atom. The average molecular weight is 1070 g/mol. The summed E-state index contributed by atoms with van der Waals surface area (Å²) in [4.78, 5) is 19.3. The van der Waals surface area contributed by atoms with E-state index >= 15 is 0 Å². The first-order valence-corrected chi connectivity index (χ1v) is 27.7. The lowest BCUT2D eigenvalue weighted by molar-refractivity contribution is 0.300. The Hall–Kier alpha value is -10.4. The van der Waals surface area contributed by atoms with Crippen molar-refractivity contribution in [2.45, 2.75) is 38.9 Å². The molecule has 1 aliphatic rings. The molecule has 0 saturated carbocycles. The van der Waals surface area contributed by atoms with Crippen molar-refractivity contribution in [2.75, 3.05) is 0 Å². The number of rotatable bonds is 12. The van der Waals surface area contributed by atoms with E-state index in [1.807, 2.05) is 121 Å². The minimum absolute atomic E-state index is 0.242. The van der Waals surface area contributed by atoms with E-state index in [1.54, 1.807) is 12.4 Å². The molecule has 8 bridgehead atoms. The Kier molecular flexibility index (Phi) is 14.4. The topological polar surface area (TPSA) is 110 Å². The van der Waals surface area contributed by atoms with Gasteiger partial charge >= 0.3 is 0 Å². The second-order valence-corrected chi connectivity index (χ2v) is 20.8. The Bertz CT molecular complexity index is 3740. The molecular weight excluding hydrogens is 1010 g/mol. The third-order valence-electron chi connectivity index (χ3n) is 15.3. The van der Waals surface area contributed by atoms with Crippen LogP contribution in [0, 0.1) is 0 Å². The number of ether oxygens (including phenoxy) is 2. The predicted octanol–water partition coefficient (Wildman–Crippen LogP) is 16.5. The highest BCUT2D eigenvalue weighted by atomic mass is 16.5. The standard InChI is InChI=1S/C74H56N4O4/c79-71-55-19-11-21-57(71)41-61-25-14-26-62(74(61)82-48-50-31-35-52(36-32-50)64-44-68(54-17-5-2-6-18-54)78-70(46-64)66-28-8-10-38-76-66)42-58-22-12-20-56(72(58)80)40-60-24-13-23-59(39-55)73(60)81-47-49-29-33-51(34-30-49)63-43-67(53-15-3-1-4-16-53)77-69(45-63)65-27-7-9-37-75-65/h1-38,43-46,79-80H,39-42,47-48H2.